The lowest BCUT2D eigenvalue weighted by Gasteiger charge is -2.14. The second-order valence-corrected chi connectivity index (χ2v) is 9.26. The lowest BCUT2D eigenvalue weighted by Crippen LogP contribution is -2.26. The molecule has 0 aliphatic rings. The fourth-order valence-electron chi connectivity index (χ4n) is 3.79. The van der Waals surface area contributed by atoms with Crippen molar-refractivity contribution in [2.75, 3.05) is 5.32 Å². The predicted octanol–water partition coefficient (Wildman–Crippen LogP) is 5.16. The number of rotatable bonds is 5. The van der Waals surface area contributed by atoms with Crippen LogP contribution in [-0.2, 0) is 0 Å². The highest BCUT2D eigenvalue weighted by molar-refractivity contribution is 7.20. The summed E-state index contributed by atoms with van der Waals surface area (Å²) in [5, 5.41) is 11.7. The molecule has 0 saturated carbocycles. The normalized spacial score (nSPS) is 12.1. The zero-order valence-corrected chi connectivity index (χ0v) is 19.8. The van der Waals surface area contributed by atoms with Gasteiger partial charge in [0.1, 0.15) is 0 Å². The van der Waals surface area contributed by atoms with Gasteiger partial charge in [0.25, 0.3) is 11.5 Å². The highest BCUT2D eigenvalue weighted by atomic mass is 32.1. The van der Waals surface area contributed by atoms with Crippen LogP contribution in [0.5, 0.6) is 0 Å². The Balaban J connectivity index is 1.46. The summed E-state index contributed by atoms with van der Waals surface area (Å²) in [5.74, 6) is -0.221. The summed E-state index contributed by atoms with van der Waals surface area (Å²) in [6.45, 7) is 5.97. The van der Waals surface area contributed by atoms with Crippen LogP contribution in [-0.4, -0.2) is 20.5 Å². The molecular formula is C26H23N5O2S. The molecule has 8 heteroatoms. The molecule has 3 aromatic carbocycles. The van der Waals surface area contributed by atoms with Gasteiger partial charge in [0.15, 0.2) is 0 Å². The molecule has 2 heterocycles. The third kappa shape index (κ3) is 4.15. The van der Waals surface area contributed by atoms with Crippen molar-refractivity contribution in [2.45, 2.75) is 26.8 Å². The molecule has 1 atom stereocenters. The van der Waals surface area contributed by atoms with Crippen molar-refractivity contribution in [1.29, 1.82) is 0 Å². The molecule has 5 rings (SSSR count). The van der Waals surface area contributed by atoms with E-state index in [4.69, 9.17) is 0 Å². The number of aryl methyl sites for hydroxylation is 2. The molecule has 0 unspecified atom stereocenters. The van der Waals surface area contributed by atoms with E-state index < -0.39 is 0 Å². The molecule has 1 amide bonds. The lowest BCUT2D eigenvalue weighted by molar-refractivity contribution is 0.0940. The van der Waals surface area contributed by atoms with Gasteiger partial charge in [-0.25, -0.2) is 4.98 Å². The summed E-state index contributed by atoms with van der Waals surface area (Å²) in [7, 11) is 0. The van der Waals surface area contributed by atoms with E-state index in [1.807, 2.05) is 69.3 Å². The molecule has 0 bridgehead atoms. The van der Waals surface area contributed by atoms with Crippen molar-refractivity contribution >= 4 is 43.9 Å². The van der Waals surface area contributed by atoms with Gasteiger partial charge in [-0.1, -0.05) is 53.8 Å². The van der Waals surface area contributed by atoms with E-state index in [0.29, 0.717) is 26.6 Å². The van der Waals surface area contributed by atoms with Crippen molar-refractivity contribution < 1.29 is 4.79 Å². The second-order valence-electron chi connectivity index (χ2n) is 8.30. The monoisotopic (exact) mass is 469 g/mol. The first-order chi connectivity index (χ1) is 16.4. The summed E-state index contributed by atoms with van der Waals surface area (Å²) in [6.07, 6.45) is 0. The van der Waals surface area contributed by atoms with Crippen molar-refractivity contribution in [3.05, 3.63) is 99.3 Å². The average Bonchev–Trinajstić information content (AvgIpc) is 3.24. The maximum atomic E-state index is 13.1. The van der Waals surface area contributed by atoms with Gasteiger partial charge in [-0.2, -0.15) is 4.52 Å². The highest BCUT2D eigenvalue weighted by Gasteiger charge is 2.16. The number of carbonyl (C=O) groups is 1. The van der Waals surface area contributed by atoms with Gasteiger partial charge >= 0.3 is 0 Å². The molecule has 0 spiro atoms. The van der Waals surface area contributed by atoms with Crippen LogP contribution >= 0.6 is 11.3 Å². The number of aromatic nitrogens is 3. The number of nitrogens with one attached hydrogen (secondary N) is 2. The zero-order valence-electron chi connectivity index (χ0n) is 19.0. The fraction of sp³-hybridized carbons (Fsp3) is 0.154. The van der Waals surface area contributed by atoms with Crippen LogP contribution in [0, 0.1) is 13.8 Å². The molecular weight excluding hydrogens is 446 g/mol. The molecule has 34 heavy (non-hydrogen) atoms. The Morgan fingerprint density at radius 1 is 1.03 bits per heavy atom. The molecule has 0 saturated heterocycles. The summed E-state index contributed by atoms with van der Waals surface area (Å²) >= 11 is 1.29. The summed E-state index contributed by atoms with van der Waals surface area (Å²) < 4.78 is 1.30. The predicted molar refractivity (Wildman–Crippen MR) is 136 cm³/mol. The number of hydrogen-bond acceptors (Lipinski definition) is 6. The zero-order chi connectivity index (χ0) is 23.8. The van der Waals surface area contributed by atoms with Gasteiger partial charge in [0, 0.05) is 11.3 Å². The fourth-order valence-corrected chi connectivity index (χ4v) is 4.60. The molecule has 2 aromatic heterocycles. The highest BCUT2D eigenvalue weighted by Crippen LogP contribution is 2.26. The van der Waals surface area contributed by atoms with E-state index in [1.54, 1.807) is 18.2 Å². The van der Waals surface area contributed by atoms with Gasteiger partial charge in [0.2, 0.25) is 10.1 Å². The molecule has 170 valence electrons. The third-order valence-electron chi connectivity index (χ3n) is 5.74. The minimum Gasteiger partial charge on any atom is -0.346 e. The van der Waals surface area contributed by atoms with Crippen molar-refractivity contribution in [3.63, 3.8) is 0 Å². The van der Waals surface area contributed by atoms with Crippen LogP contribution in [0.1, 0.15) is 40.0 Å². The average molecular weight is 470 g/mol. The Bertz CT molecular complexity index is 1590. The standard InChI is InChI=1S/C26H23N5O2S/c1-15-9-10-16(2)21(13-15)28-25-30-31-24(33)20-12-11-19(14-22(20)29-26(31)34-25)23(32)27-17(3)18-7-5-4-6-8-18/h4-14,17H,1-3H3,(H,27,32)(H,28,30)/t17-/m0/s1. The van der Waals surface area contributed by atoms with E-state index in [0.717, 1.165) is 22.4 Å². The van der Waals surface area contributed by atoms with E-state index in [1.165, 1.54) is 15.9 Å². The lowest BCUT2D eigenvalue weighted by atomic mass is 10.1. The minimum atomic E-state index is -0.269. The number of nitrogens with zero attached hydrogens (tertiary/aromatic N) is 3. The molecule has 2 N–H and O–H groups in total. The number of benzene rings is 3. The number of carbonyl (C=O) groups excluding carboxylic acids is 1. The SMILES string of the molecule is Cc1ccc(C)c(Nc2nn3c(=O)c4ccc(C(=O)N[C@@H](C)c5ccccc5)cc4nc3s2)c1. The smallest absolute Gasteiger partial charge is 0.283 e. The Morgan fingerprint density at radius 3 is 2.62 bits per heavy atom. The molecule has 5 aromatic rings. The first kappa shape index (κ1) is 21.8. The second kappa shape index (κ2) is 8.72. The summed E-state index contributed by atoms with van der Waals surface area (Å²) in [4.78, 5) is 31.0. The summed E-state index contributed by atoms with van der Waals surface area (Å²) in [5.41, 5.74) is 4.80. The topological polar surface area (TPSA) is 88.4 Å². The molecule has 0 fully saturated rings. The molecule has 0 aliphatic carbocycles. The van der Waals surface area contributed by atoms with Gasteiger partial charge < -0.3 is 10.6 Å². The number of anilines is 2. The van der Waals surface area contributed by atoms with Crippen LogP contribution in [0.15, 0.2) is 71.5 Å². The van der Waals surface area contributed by atoms with Crippen LogP contribution in [0.2, 0.25) is 0 Å². The van der Waals surface area contributed by atoms with Crippen molar-refractivity contribution in [3.8, 4) is 0 Å². The van der Waals surface area contributed by atoms with Gasteiger partial charge in [0.05, 0.1) is 16.9 Å². The maximum Gasteiger partial charge on any atom is 0.283 e. The summed E-state index contributed by atoms with van der Waals surface area (Å²) in [6, 6.07) is 20.7. The Labute approximate surface area is 200 Å². The largest absolute Gasteiger partial charge is 0.346 e. The Hall–Kier alpha value is -4.04. The minimum absolute atomic E-state index is 0.148. The van der Waals surface area contributed by atoms with Crippen LogP contribution in [0.25, 0.3) is 15.9 Å². The van der Waals surface area contributed by atoms with Crippen molar-refractivity contribution in [2.24, 2.45) is 0 Å². The Kier molecular flexibility index (Phi) is 5.59. The van der Waals surface area contributed by atoms with Gasteiger partial charge in [-0.15, -0.1) is 5.10 Å². The van der Waals surface area contributed by atoms with E-state index in [2.05, 4.69) is 20.7 Å². The molecule has 0 radical (unpaired) electrons. The third-order valence-corrected chi connectivity index (χ3v) is 6.56. The van der Waals surface area contributed by atoms with E-state index in [9.17, 15) is 9.59 Å². The van der Waals surface area contributed by atoms with Crippen molar-refractivity contribution in [1.82, 2.24) is 19.9 Å². The molecule has 7 nitrogen and oxygen atoms in total. The first-order valence-electron chi connectivity index (χ1n) is 10.9. The van der Waals surface area contributed by atoms with Gasteiger partial charge in [-0.05, 0) is 61.7 Å². The van der Waals surface area contributed by atoms with Crippen LogP contribution in [0.4, 0.5) is 10.8 Å². The number of hydrogen-bond donors (Lipinski definition) is 2. The quantitative estimate of drug-likeness (QED) is 0.371. The molecule has 0 aliphatic heterocycles. The number of amides is 1. The van der Waals surface area contributed by atoms with Crippen LogP contribution in [0.3, 0.4) is 0 Å². The van der Waals surface area contributed by atoms with Crippen LogP contribution < -0.4 is 16.2 Å². The van der Waals surface area contributed by atoms with E-state index >= 15 is 0 Å². The first-order valence-corrected chi connectivity index (χ1v) is 11.7. The maximum absolute atomic E-state index is 13.1. The number of fused-ring (bicyclic) bond motifs is 2. The Morgan fingerprint density at radius 2 is 1.82 bits per heavy atom. The van der Waals surface area contributed by atoms with Gasteiger partial charge in [-0.3, -0.25) is 9.59 Å². The van der Waals surface area contributed by atoms with E-state index in [-0.39, 0.29) is 17.5 Å².